The number of nitrogens with one attached hydrogen (secondary N) is 1. The number of nitrogens with zero attached hydrogens (tertiary/aromatic N) is 2. The van der Waals surface area contributed by atoms with E-state index in [1.165, 1.54) is 11.8 Å². The number of carbonyl (C=O) groups is 1. The molecule has 0 atom stereocenters. The molecule has 0 spiro atoms. The van der Waals surface area contributed by atoms with Crippen molar-refractivity contribution in [1.29, 1.82) is 0 Å². The van der Waals surface area contributed by atoms with E-state index in [0.717, 1.165) is 5.56 Å². The summed E-state index contributed by atoms with van der Waals surface area (Å²) < 4.78 is 16.0. The number of methoxy groups -OCH3 is 2. The topological polar surface area (TPSA) is 86.5 Å². The van der Waals surface area contributed by atoms with Crippen LogP contribution in [0.2, 0.25) is 0 Å². The zero-order chi connectivity index (χ0) is 20.3. The second-order valence-electron chi connectivity index (χ2n) is 5.97. The summed E-state index contributed by atoms with van der Waals surface area (Å²) in [6.07, 6.45) is 3.43. The Labute approximate surface area is 167 Å². The zero-order valence-electron chi connectivity index (χ0n) is 16.3. The molecule has 0 aliphatic carbocycles. The number of furan rings is 1. The standard InChI is InChI=1S/C20H21N3O4S/c1-11-9-15(25-3)16(26-4)10-13(11)22-19(24)17-12(2)21-18(23-20(17)28-5)14-7-6-8-27-14/h6-10H,1-5H3,(H,22,24). The predicted molar refractivity (Wildman–Crippen MR) is 108 cm³/mol. The van der Waals surface area contributed by atoms with Crippen molar-refractivity contribution in [3.8, 4) is 23.1 Å². The fraction of sp³-hybridized carbons (Fsp3) is 0.250. The average Bonchev–Trinajstić information content (AvgIpc) is 3.23. The number of aromatic nitrogens is 2. The van der Waals surface area contributed by atoms with Gasteiger partial charge in [-0.1, -0.05) is 0 Å². The lowest BCUT2D eigenvalue weighted by Crippen LogP contribution is -2.17. The van der Waals surface area contributed by atoms with Crippen LogP contribution in [-0.2, 0) is 0 Å². The normalized spacial score (nSPS) is 10.6. The molecule has 1 aromatic carbocycles. The lowest BCUT2D eigenvalue weighted by Gasteiger charge is -2.15. The monoisotopic (exact) mass is 399 g/mol. The van der Waals surface area contributed by atoms with Gasteiger partial charge in [-0.2, -0.15) is 0 Å². The number of ether oxygens (including phenoxy) is 2. The summed E-state index contributed by atoms with van der Waals surface area (Å²) in [7, 11) is 3.12. The van der Waals surface area contributed by atoms with Crippen LogP contribution in [0.3, 0.4) is 0 Å². The van der Waals surface area contributed by atoms with Crippen LogP contribution >= 0.6 is 11.8 Å². The van der Waals surface area contributed by atoms with Gasteiger partial charge in [0.2, 0.25) is 0 Å². The number of hydrogen-bond donors (Lipinski definition) is 1. The summed E-state index contributed by atoms with van der Waals surface area (Å²) in [5, 5.41) is 3.51. The first-order valence-electron chi connectivity index (χ1n) is 8.49. The molecule has 146 valence electrons. The molecule has 7 nitrogen and oxygen atoms in total. The van der Waals surface area contributed by atoms with E-state index >= 15 is 0 Å². The first kappa shape index (κ1) is 19.8. The van der Waals surface area contributed by atoms with E-state index in [1.807, 2.05) is 19.2 Å². The zero-order valence-corrected chi connectivity index (χ0v) is 17.1. The van der Waals surface area contributed by atoms with Crippen LogP contribution in [0, 0.1) is 13.8 Å². The van der Waals surface area contributed by atoms with Gasteiger partial charge < -0.3 is 19.2 Å². The number of amides is 1. The van der Waals surface area contributed by atoms with Crippen LogP contribution in [-0.4, -0.2) is 36.4 Å². The van der Waals surface area contributed by atoms with Crippen molar-refractivity contribution in [3.05, 3.63) is 47.3 Å². The van der Waals surface area contributed by atoms with Crippen LogP contribution in [0.1, 0.15) is 21.6 Å². The molecule has 0 aliphatic heterocycles. The molecule has 2 heterocycles. The minimum Gasteiger partial charge on any atom is -0.493 e. The van der Waals surface area contributed by atoms with Crippen molar-refractivity contribution in [2.45, 2.75) is 18.9 Å². The Kier molecular flexibility index (Phi) is 5.89. The number of rotatable bonds is 6. The first-order valence-corrected chi connectivity index (χ1v) is 9.71. The molecule has 0 saturated carbocycles. The van der Waals surface area contributed by atoms with E-state index in [1.54, 1.807) is 45.6 Å². The smallest absolute Gasteiger partial charge is 0.260 e. The summed E-state index contributed by atoms with van der Waals surface area (Å²) in [4.78, 5) is 22.0. The highest BCUT2D eigenvalue weighted by Crippen LogP contribution is 2.33. The molecule has 0 saturated heterocycles. The van der Waals surface area contributed by atoms with Crippen molar-refractivity contribution in [1.82, 2.24) is 9.97 Å². The maximum Gasteiger partial charge on any atom is 0.260 e. The molecule has 2 aromatic heterocycles. The van der Waals surface area contributed by atoms with Crippen molar-refractivity contribution < 1.29 is 18.7 Å². The van der Waals surface area contributed by atoms with Gasteiger partial charge in [0.15, 0.2) is 23.1 Å². The summed E-state index contributed by atoms with van der Waals surface area (Å²) in [5.74, 6) is 1.86. The van der Waals surface area contributed by atoms with Gasteiger partial charge >= 0.3 is 0 Å². The molecule has 8 heteroatoms. The second-order valence-corrected chi connectivity index (χ2v) is 6.77. The molecule has 1 N–H and O–H groups in total. The molecule has 3 aromatic rings. The molecule has 0 fully saturated rings. The summed E-state index contributed by atoms with van der Waals surface area (Å²) >= 11 is 1.38. The number of hydrogen-bond acceptors (Lipinski definition) is 7. The van der Waals surface area contributed by atoms with Crippen molar-refractivity contribution >= 4 is 23.4 Å². The molecular weight excluding hydrogens is 378 g/mol. The number of aryl methyl sites for hydroxylation is 2. The van der Waals surface area contributed by atoms with Gasteiger partial charge in [-0.05, 0) is 43.9 Å². The van der Waals surface area contributed by atoms with Gasteiger partial charge in [0.1, 0.15) is 5.03 Å². The number of benzene rings is 1. The lowest BCUT2D eigenvalue weighted by atomic mass is 10.1. The average molecular weight is 399 g/mol. The minimum absolute atomic E-state index is 0.289. The van der Waals surface area contributed by atoms with Crippen molar-refractivity contribution in [3.63, 3.8) is 0 Å². The van der Waals surface area contributed by atoms with E-state index in [2.05, 4.69) is 15.3 Å². The predicted octanol–water partition coefficient (Wildman–Crippen LogP) is 4.34. The van der Waals surface area contributed by atoms with Crippen LogP contribution in [0.4, 0.5) is 5.69 Å². The van der Waals surface area contributed by atoms with Gasteiger partial charge in [-0.25, -0.2) is 9.97 Å². The third-order valence-electron chi connectivity index (χ3n) is 4.20. The number of anilines is 1. The molecular formula is C20H21N3O4S. The van der Waals surface area contributed by atoms with Crippen molar-refractivity contribution in [2.24, 2.45) is 0 Å². The van der Waals surface area contributed by atoms with Gasteiger partial charge in [0, 0.05) is 11.8 Å². The Balaban J connectivity index is 1.97. The largest absolute Gasteiger partial charge is 0.493 e. The van der Waals surface area contributed by atoms with E-state index in [9.17, 15) is 4.79 Å². The van der Waals surface area contributed by atoms with E-state index < -0.39 is 0 Å². The maximum absolute atomic E-state index is 13.0. The summed E-state index contributed by atoms with van der Waals surface area (Å²) in [6.45, 7) is 3.67. The van der Waals surface area contributed by atoms with Gasteiger partial charge in [0.25, 0.3) is 5.91 Å². The van der Waals surface area contributed by atoms with E-state index in [0.29, 0.717) is 45.1 Å². The van der Waals surface area contributed by atoms with Gasteiger partial charge in [0.05, 0.1) is 31.7 Å². The van der Waals surface area contributed by atoms with E-state index in [4.69, 9.17) is 13.9 Å². The molecule has 0 aliphatic rings. The lowest BCUT2D eigenvalue weighted by molar-refractivity contribution is 0.102. The molecule has 0 unspecified atom stereocenters. The molecule has 28 heavy (non-hydrogen) atoms. The van der Waals surface area contributed by atoms with Crippen LogP contribution in [0.15, 0.2) is 40.0 Å². The molecule has 3 rings (SSSR count). The Morgan fingerprint density at radius 1 is 1.14 bits per heavy atom. The quantitative estimate of drug-likeness (QED) is 0.487. The van der Waals surface area contributed by atoms with Crippen LogP contribution in [0.5, 0.6) is 11.5 Å². The third kappa shape index (κ3) is 3.82. The highest BCUT2D eigenvalue weighted by Gasteiger charge is 2.21. The fourth-order valence-electron chi connectivity index (χ4n) is 2.77. The minimum atomic E-state index is -0.289. The Morgan fingerprint density at radius 3 is 2.46 bits per heavy atom. The molecule has 0 bridgehead atoms. The SMILES string of the molecule is COc1cc(C)c(NC(=O)c2c(C)nc(-c3ccco3)nc2SC)cc1OC. The van der Waals surface area contributed by atoms with Gasteiger partial charge in [-0.15, -0.1) is 11.8 Å². The first-order chi connectivity index (χ1) is 13.5. The maximum atomic E-state index is 13.0. The Hall–Kier alpha value is -3.00. The third-order valence-corrected chi connectivity index (χ3v) is 4.88. The van der Waals surface area contributed by atoms with E-state index in [-0.39, 0.29) is 5.91 Å². The fourth-order valence-corrected chi connectivity index (χ4v) is 3.39. The van der Waals surface area contributed by atoms with Gasteiger partial charge in [-0.3, -0.25) is 4.79 Å². The highest BCUT2D eigenvalue weighted by molar-refractivity contribution is 7.98. The molecule has 1 amide bonds. The number of thioether (sulfide) groups is 1. The Morgan fingerprint density at radius 2 is 1.86 bits per heavy atom. The second kappa shape index (κ2) is 8.35. The number of carbonyl (C=O) groups excluding carboxylic acids is 1. The molecule has 0 radical (unpaired) electrons. The summed E-state index contributed by atoms with van der Waals surface area (Å²) in [5.41, 5.74) is 2.48. The van der Waals surface area contributed by atoms with Crippen LogP contribution in [0.25, 0.3) is 11.6 Å². The highest BCUT2D eigenvalue weighted by atomic mass is 32.2. The summed E-state index contributed by atoms with van der Waals surface area (Å²) in [6, 6.07) is 7.10. The van der Waals surface area contributed by atoms with Crippen molar-refractivity contribution in [2.75, 3.05) is 25.8 Å². The van der Waals surface area contributed by atoms with Crippen LogP contribution < -0.4 is 14.8 Å². The Bertz CT molecular complexity index is 1000.